The molecular weight excluding hydrogens is 376 g/mol. The maximum absolute atomic E-state index is 12.8. The number of rotatable bonds is 5. The minimum Gasteiger partial charge on any atom is -0.465 e. The van der Waals surface area contributed by atoms with Crippen LogP contribution in [0.15, 0.2) is 30.1 Å². The van der Waals surface area contributed by atoms with Gasteiger partial charge in [0.05, 0.1) is 6.20 Å². The predicted octanol–water partition coefficient (Wildman–Crippen LogP) is 4.49. The second kappa shape index (κ2) is 8.29. The maximum atomic E-state index is 12.8. The van der Waals surface area contributed by atoms with E-state index in [2.05, 4.69) is 20.6 Å². The molecule has 1 saturated carbocycles. The lowest BCUT2D eigenvalue weighted by atomic mass is 9.95. The van der Waals surface area contributed by atoms with Crippen LogP contribution in [-0.2, 0) is 4.79 Å². The van der Waals surface area contributed by atoms with Gasteiger partial charge in [0.1, 0.15) is 10.2 Å². The first-order chi connectivity index (χ1) is 12.5. The molecule has 136 valence electrons. The zero-order valence-corrected chi connectivity index (χ0v) is 15.3. The van der Waals surface area contributed by atoms with E-state index in [4.69, 9.17) is 16.7 Å². The third kappa shape index (κ3) is 4.80. The summed E-state index contributed by atoms with van der Waals surface area (Å²) in [4.78, 5) is 31.5. The summed E-state index contributed by atoms with van der Waals surface area (Å²) >= 11 is 7.07. The van der Waals surface area contributed by atoms with Gasteiger partial charge in [-0.05, 0) is 42.5 Å². The van der Waals surface area contributed by atoms with Crippen LogP contribution in [0.4, 0.5) is 15.7 Å². The number of hydrogen-bond donors (Lipinski definition) is 3. The number of nitrogens with one attached hydrogen (secondary N) is 2. The van der Waals surface area contributed by atoms with Gasteiger partial charge in [-0.15, -0.1) is 0 Å². The minimum atomic E-state index is -1.17. The SMILES string of the molecule is O=C(O)Nc1ccc(C=C(C(=O)Nc2ncc(Cl)s2)C2CCCC2)cn1. The smallest absolute Gasteiger partial charge is 0.410 e. The zero-order valence-electron chi connectivity index (χ0n) is 13.7. The third-order valence-electron chi connectivity index (χ3n) is 4.10. The first kappa shape index (κ1) is 18.3. The molecule has 0 spiro atoms. The van der Waals surface area contributed by atoms with E-state index in [9.17, 15) is 9.59 Å². The van der Waals surface area contributed by atoms with Crippen molar-refractivity contribution in [2.45, 2.75) is 25.7 Å². The normalized spacial score (nSPS) is 15.0. The lowest BCUT2D eigenvalue weighted by Crippen LogP contribution is -2.19. The van der Waals surface area contributed by atoms with E-state index >= 15 is 0 Å². The molecule has 1 fully saturated rings. The number of hydrogen-bond acceptors (Lipinski definition) is 5. The maximum Gasteiger partial charge on any atom is 0.410 e. The molecule has 3 rings (SSSR count). The fraction of sp³-hybridized carbons (Fsp3) is 0.294. The van der Waals surface area contributed by atoms with Crippen molar-refractivity contribution < 1.29 is 14.7 Å². The quantitative estimate of drug-likeness (QED) is 0.650. The van der Waals surface area contributed by atoms with Crippen molar-refractivity contribution in [3.8, 4) is 0 Å². The Morgan fingerprint density at radius 3 is 2.54 bits per heavy atom. The molecule has 0 saturated heterocycles. The fourth-order valence-electron chi connectivity index (χ4n) is 2.94. The lowest BCUT2D eigenvalue weighted by molar-refractivity contribution is -0.113. The Hall–Kier alpha value is -2.45. The lowest BCUT2D eigenvalue weighted by Gasteiger charge is -2.14. The zero-order chi connectivity index (χ0) is 18.5. The molecule has 2 aromatic rings. The molecule has 2 heterocycles. The van der Waals surface area contributed by atoms with E-state index in [0.717, 1.165) is 31.2 Å². The molecule has 0 bridgehead atoms. The van der Waals surface area contributed by atoms with Crippen molar-refractivity contribution in [2.24, 2.45) is 5.92 Å². The molecular formula is C17H17ClN4O3S. The summed E-state index contributed by atoms with van der Waals surface area (Å²) in [7, 11) is 0. The molecule has 0 radical (unpaired) electrons. The largest absolute Gasteiger partial charge is 0.465 e. The second-order valence-corrected chi connectivity index (χ2v) is 7.57. The van der Waals surface area contributed by atoms with Crippen LogP contribution in [0.5, 0.6) is 0 Å². The minimum absolute atomic E-state index is 0.183. The first-order valence-electron chi connectivity index (χ1n) is 8.11. The molecule has 1 aliphatic rings. The van der Waals surface area contributed by atoms with Gasteiger partial charge in [-0.2, -0.15) is 0 Å². The highest BCUT2D eigenvalue weighted by Gasteiger charge is 2.25. The van der Waals surface area contributed by atoms with Gasteiger partial charge in [-0.1, -0.05) is 35.8 Å². The average molecular weight is 393 g/mol. The number of pyridine rings is 1. The van der Waals surface area contributed by atoms with Gasteiger partial charge in [0.25, 0.3) is 5.91 Å². The van der Waals surface area contributed by atoms with Crippen LogP contribution < -0.4 is 10.6 Å². The Balaban J connectivity index is 1.81. The molecule has 0 unspecified atom stereocenters. The van der Waals surface area contributed by atoms with Gasteiger partial charge in [-0.25, -0.2) is 14.8 Å². The molecule has 0 aliphatic heterocycles. The number of carboxylic acid groups (broad SMARTS) is 1. The number of halogens is 1. The fourth-order valence-corrected chi connectivity index (χ4v) is 3.75. The van der Waals surface area contributed by atoms with E-state index in [0.29, 0.717) is 15.0 Å². The number of thiazole rings is 1. The van der Waals surface area contributed by atoms with Gasteiger partial charge in [0.15, 0.2) is 5.13 Å². The van der Waals surface area contributed by atoms with Crippen molar-refractivity contribution in [3.63, 3.8) is 0 Å². The molecule has 1 aliphatic carbocycles. The Kier molecular flexibility index (Phi) is 5.85. The van der Waals surface area contributed by atoms with Gasteiger partial charge >= 0.3 is 6.09 Å². The number of anilines is 2. The second-order valence-electron chi connectivity index (χ2n) is 5.91. The highest BCUT2D eigenvalue weighted by Crippen LogP contribution is 2.33. The molecule has 0 atom stereocenters. The van der Waals surface area contributed by atoms with Crippen LogP contribution in [0.2, 0.25) is 4.34 Å². The summed E-state index contributed by atoms with van der Waals surface area (Å²) in [5.41, 5.74) is 1.41. The van der Waals surface area contributed by atoms with Crippen LogP contribution in [0.3, 0.4) is 0 Å². The Morgan fingerprint density at radius 1 is 1.19 bits per heavy atom. The summed E-state index contributed by atoms with van der Waals surface area (Å²) in [6, 6.07) is 3.28. The van der Waals surface area contributed by atoms with Crippen molar-refractivity contribution in [1.82, 2.24) is 9.97 Å². The molecule has 2 amide bonds. The molecule has 9 heteroatoms. The first-order valence-corrected chi connectivity index (χ1v) is 9.31. The van der Waals surface area contributed by atoms with Crippen molar-refractivity contribution in [2.75, 3.05) is 10.6 Å². The summed E-state index contributed by atoms with van der Waals surface area (Å²) in [5, 5.41) is 14.2. The van der Waals surface area contributed by atoms with Crippen LogP contribution in [0.25, 0.3) is 6.08 Å². The van der Waals surface area contributed by atoms with Crippen LogP contribution >= 0.6 is 22.9 Å². The monoisotopic (exact) mass is 392 g/mol. The van der Waals surface area contributed by atoms with E-state index in [-0.39, 0.29) is 17.6 Å². The Morgan fingerprint density at radius 2 is 1.96 bits per heavy atom. The third-order valence-corrected chi connectivity index (χ3v) is 5.13. The van der Waals surface area contributed by atoms with Crippen LogP contribution in [0.1, 0.15) is 31.2 Å². The van der Waals surface area contributed by atoms with E-state index in [1.54, 1.807) is 18.2 Å². The topological polar surface area (TPSA) is 104 Å². The number of amides is 2. The van der Waals surface area contributed by atoms with Crippen molar-refractivity contribution >= 4 is 52.0 Å². The Bertz CT molecular complexity index is 829. The van der Waals surface area contributed by atoms with Crippen molar-refractivity contribution in [3.05, 3.63) is 40.0 Å². The van der Waals surface area contributed by atoms with Gasteiger partial charge in [0, 0.05) is 11.8 Å². The molecule has 26 heavy (non-hydrogen) atoms. The average Bonchev–Trinajstić information content (AvgIpc) is 3.25. The number of carbonyl (C=O) groups is 2. The predicted molar refractivity (Wildman–Crippen MR) is 102 cm³/mol. The van der Waals surface area contributed by atoms with Gasteiger partial charge < -0.3 is 5.11 Å². The van der Waals surface area contributed by atoms with E-state index in [1.165, 1.54) is 23.7 Å². The molecule has 0 aromatic carbocycles. The highest BCUT2D eigenvalue weighted by molar-refractivity contribution is 7.19. The van der Waals surface area contributed by atoms with Crippen LogP contribution in [-0.4, -0.2) is 27.1 Å². The van der Waals surface area contributed by atoms with Crippen LogP contribution in [0, 0.1) is 5.92 Å². The number of carbonyl (C=O) groups excluding carboxylic acids is 1. The summed E-state index contributed by atoms with van der Waals surface area (Å²) in [6.07, 6.45) is 7.78. The summed E-state index contributed by atoms with van der Waals surface area (Å²) < 4.78 is 0.511. The van der Waals surface area contributed by atoms with Crippen molar-refractivity contribution in [1.29, 1.82) is 0 Å². The highest BCUT2D eigenvalue weighted by atomic mass is 35.5. The van der Waals surface area contributed by atoms with E-state index in [1.807, 2.05) is 0 Å². The van der Waals surface area contributed by atoms with Gasteiger partial charge in [0.2, 0.25) is 0 Å². The molecule has 3 N–H and O–H groups in total. The molecule has 2 aromatic heterocycles. The van der Waals surface area contributed by atoms with E-state index < -0.39 is 6.09 Å². The molecule has 7 nitrogen and oxygen atoms in total. The standard InChI is InChI=1S/C17H17ClN4O3S/c18-13-9-20-16(26-13)22-15(23)12(11-3-1-2-4-11)7-10-5-6-14(19-8-10)21-17(24)25/h5-9,11H,1-4H2,(H,19,21)(H,24,25)(H,20,22,23). The Labute approximate surface area is 159 Å². The number of aromatic nitrogens is 2. The van der Waals surface area contributed by atoms with Gasteiger partial charge in [-0.3, -0.25) is 15.4 Å². The summed E-state index contributed by atoms with van der Waals surface area (Å²) in [5.74, 6) is 0.219. The summed E-state index contributed by atoms with van der Waals surface area (Å²) in [6.45, 7) is 0. The number of nitrogens with zero attached hydrogens (tertiary/aromatic N) is 2.